The first-order chi connectivity index (χ1) is 11.6. The van der Waals surface area contributed by atoms with E-state index in [1.165, 1.54) is 11.8 Å². The molecule has 0 fully saturated rings. The molecule has 0 radical (unpaired) electrons. The number of carbonyl (C=O) groups excluding carboxylic acids is 2. The summed E-state index contributed by atoms with van der Waals surface area (Å²) in [6, 6.07) is 7.54. The first-order valence-electron chi connectivity index (χ1n) is 7.48. The molecule has 8 heteroatoms. The summed E-state index contributed by atoms with van der Waals surface area (Å²) in [5.74, 6) is 0.748. The third-order valence-electron chi connectivity index (χ3n) is 3.00. The standard InChI is InChI=1S/C16H19N3O4S/c1-3-12-5-4-6-13(7-12)18-15(20)8-22-16(21)10-24-9-14-17-11(2)23-19-14/h4-7H,3,8-10H2,1-2H3,(H,18,20). The third-order valence-corrected chi connectivity index (χ3v) is 3.91. The fraction of sp³-hybridized carbons (Fsp3) is 0.375. The quantitative estimate of drug-likeness (QED) is 0.731. The molecule has 2 aromatic rings. The lowest BCUT2D eigenvalue weighted by molar-refractivity contribution is -0.144. The number of rotatable bonds is 8. The van der Waals surface area contributed by atoms with Crippen LogP contribution >= 0.6 is 11.8 Å². The lowest BCUT2D eigenvalue weighted by Crippen LogP contribution is -2.21. The molecule has 0 atom stereocenters. The normalized spacial score (nSPS) is 10.4. The number of anilines is 1. The molecule has 1 aromatic carbocycles. The van der Waals surface area contributed by atoms with Gasteiger partial charge in [0.25, 0.3) is 5.91 Å². The van der Waals surface area contributed by atoms with Gasteiger partial charge in [0.2, 0.25) is 5.89 Å². The minimum absolute atomic E-state index is 0.117. The van der Waals surface area contributed by atoms with Crippen LogP contribution in [0, 0.1) is 6.92 Å². The van der Waals surface area contributed by atoms with E-state index in [0.717, 1.165) is 12.0 Å². The molecular formula is C16H19N3O4S. The zero-order valence-corrected chi connectivity index (χ0v) is 14.4. The topological polar surface area (TPSA) is 94.3 Å². The highest BCUT2D eigenvalue weighted by Gasteiger charge is 2.10. The Kier molecular flexibility index (Phi) is 6.80. The molecule has 0 saturated carbocycles. The lowest BCUT2D eigenvalue weighted by atomic mass is 10.1. The van der Waals surface area contributed by atoms with Crippen molar-refractivity contribution in [3.63, 3.8) is 0 Å². The third kappa shape index (κ3) is 6.04. The van der Waals surface area contributed by atoms with Crippen LogP contribution in [0.2, 0.25) is 0 Å². The number of aryl methyl sites for hydroxylation is 2. The van der Waals surface area contributed by atoms with Crippen molar-refractivity contribution in [3.05, 3.63) is 41.5 Å². The van der Waals surface area contributed by atoms with Crippen molar-refractivity contribution in [1.82, 2.24) is 10.1 Å². The molecule has 128 valence electrons. The van der Waals surface area contributed by atoms with Crippen LogP contribution in [0.4, 0.5) is 5.69 Å². The first kappa shape index (κ1) is 18.0. The number of carbonyl (C=O) groups is 2. The average molecular weight is 349 g/mol. The van der Waals surface area contributed by atoms with Crippen LogP contribution < -0.4 is 5.32 Å². The lowest BCUT2D eigenvalue weighted by Gasteiger charge is -2.07. The Morgan fingerprint density at radius 1 is 1.38 bits per heavy atom. The molecule has 1 aromatic heterocycles. The fourth-order valence-corrected chi connectivity index (χ4v) is 2.53. The second-order valence-electron chi connectivity index (χ2n) is 4.99. The van der Waals surface area contributed by atoms with Gasteiger partial charge in [0.05, 0.1) is 11.5 Å². The number of ether oxygens (including phenoxy) is 1. The minimum atomic E-state index is -0.460. The number of nitrogens with zero attached hydrogens (tertiary/aromatic N) is 2. The van der Waals surface area contributed by atoms with Crippen molar-refractivity contribution < 1.29 is 18.8 Å². The Labute approximate surface area is 144 Å². The number of nitrogens with one attached hydrogen (secondary N) is 1. The highest BCUT2D eigenvalue weighted by atomic mass is 32.2. The van der Waals surface area contributed by atoms with Crippen LogP contribution in [0.1, 0.15) is 24.2 Å². The van der Waals surface area contributed by atoms with Crippen LogP contribution in [-0.2, 0) is 26.5 Å². The van der Waals surface area contributed by atoms with Crippen LogP contribution in [-0.4, -0.2) is 34.4 Å². The van der Waals surface area contributed by atoms with Gasteiger partial charge in [-0.15, -0.1) is 11.8 Å². The van der Waals surface area contributed by atoms with Gasteiger partial charge in [0.15, 0.2) is 12.4 Å². The smallest absolute Gasteiger partial charge is 0.316 e. The molecule has 0 unspecified atom stereocenters. The molecule has 7 nitrogen and oxygen atoms in total. The molecule has 2 rings (SSSR count). The van der Waals surface area contributed by atoms with E-state index in [1.54, 1.807) is 13.0 Å². The van der Waals surface area contributed by atoms with E-state index >= 15 is 0 Å². The molecule has 0 aliphatic rings. The maximum atomic E-state index is 11.8. The zero-order valence-electron chi connectivity index (χ0n) is 13.6. The van der Waals surface area contributed by atoms with Gasteiger partial charge in [-0.3, -0.25) is 9.59 Å². The molecule has 0 aliphatic heterocycles. The number of hydrogen-bond acceptors (Lipinski definition) is 7. The van der Waals surface area contributed by atoms with Gasteiger partial charge >= 0.3 is 5.97 Å². The largest absolute Gasteiger partial charge is 0.455 e. The van der Waals surface area contributed by atoms with Gasteiger partial charge in [0, 0.05) is 12.6 Å². The van der Waals surface area contributed by atoms with Crippen molar-refractivity contribution in [2.45, 2.75) is 26.0 Å². The van der Waals surface area contributed by atoms with Gasteiger partial charge in [-0.2, -0.15) is 4.98 Å². The summed E-state index contributed by atoms with van der Waals surface area (Å²) in [5.41, 5.74) is 1.81. The summed E-state index contributed by atoms with van der Waals surface area (Å²) in [6.45, 7) is 3.43. The molecule has 0 saturated heterocycles. The van der Waals surface area contributed by atoms with E-state index in [4.69, 9.17) is 9.26 Å². The van der Waals surface area contributed by atoms with Crippen molar-refractivity contribution in [2.75, 3.05) is 17.7 Å². The molecule has 0 bridgehead atoms. The van der Waals surface area contributed by atoms with Crippen molar-refractivity contribution in [3.8, 4) is 0 Å². The Hall–Kier alpha value is -2.35. The maximum absolute atomic E-state index is 11.8. The van der Waals surface area contributed by atoms with E-state index < -0.39 is 5.97 Å². The molecule has 1 heterocycles. The van der Waals surface area contributed by atoms with Crippen LogP contribution in [0.25, 0.3) is 0 Å². The highest BCUT2D eigenvalue weighted by Crippen LogP contribution is 2.11. The predicted molar refractivity (Wildman–Crippen MR) is 90.6 cm³/mol. The summed E-state index contributed by atoms with van der Waals surface area (Å²) in [5, 5.41) is 6.43. The monoisotopic (exact) mass is 349 g/mol. The van der Waals surface area contributed by atoms with Gasteiger partial charge < -0.3 is 14.6 Å². The van der Waals surface area contributed by atoms with Crippen molar-refractivity contribution in [1.29, 1.82) is 0 Å². The second-order valence-corrected chi connectivity index (χ2v) is 5.97. The number of hydrogen-bond donors (Lipinski definition) is 1. The molecular weight excluding hydrogens is 330 g/mol. The highest BCUT2D eigenvalue weighted by molar-refractivity contribution is 7.99. The number of benzene rings is 1. The van der Waals surface area contributed by atoms with E-state index in [0.29, 0.717) is 23.2 Å². The van der Waals surface area contributed by atoms with E-state index in [2.05, 4.69) is 15.5 Å². The Bertz CT molecular complexity index is 702. The number of esters is 1. The van der Waals surface area contributed by atoms with Gasteiger partial charge in [-0.25, -0.2) is 0 Å². The van der Waals surface area contributed by atoms with Crippen LogP contribution in [0.3, 0.4) is 0 Å². The fourth-order valence-electron chi connectivity index (χ4n) is 1.88. The maximum Gasteiger partial charge on any atom is 0.316 e. The molecule has 24 heavy (non-hydrogen) atoms. The van der Waals surface area contributed by atoms with Crippen LogP contribution in [0.5, 0.6) is 0 Å². The summed E-state index contributed by atoms with van der Waals surface area (Å²) in [4.78, 5) is 27.4. The first-order valence-corrected chi connectivity index (χ1v) is 8.63. The molecule has 0 aliphatic carbocycles. The number of thioether (sulfide) groups is 1. The summed E-state index contributed by atoms with van der Waals surface area (Å²) < 4.78 is 9.77. The SMILES string of the molecule is CCc1cccc(NC(=O)COC(=O)CSCc2noc(C)n2)c1. The number of aromatic nitrogens is 2. The predicted octanol–water partition coefficient (Wildman–Crippen LogP) is 2.36. The van der Waals surface area contributed by atoms with Crippen LogP contribution in [0.15, 0.2) is 28.8 Å². The van der Waals surface area contributed by atoms with Crippen molar-refractivity contribution in [2.24, 2.45) is 0 Å². The summed E-state index contributed by atoms with van der Waals surface area (Å²) in [7, 11) is 0. The van der Waals surface area contributed by atoms with Gasteiger partial charge in [-0.05, 0) is 24.1 Å². The zero-order chi connectivity index (χ0) is 17.4. The Balaban J connectivity index is 1.66. The van der Waals surface area contributed by atoms with E-state index in [1.807, 2.05) is 25.1 Å². The molecule has 0 spiro atoms. The van der Waals surface area contributed by atoms with E-state index in [9.17, 15) is 9.59 Å². The molecule has 1 amide bonds. The van der Waals surface area contributed by atoms with Gasteiger partial charge in [-0.1, -0.05) is 24.2 Å². The number of amides is 1. The Morgan fingerprint density at radius 3 is 2.92 bits per heavy atom. The molecule has 1 N–H and O–H groups in total. The summed E-state index contributed by atoms with van der Waals surface area (Å²) >= 11 is 1.30. The summed E-state index contributed by atoms with van der Waals surface area (Å²) in [6.07, 6.45) is 0.885. The average Bonchev–Trinajstić information content (AvgIpc) is 2.98. The van der Waals surface area contributed by atoms with Gasteiger partial charge in [0.1, 0.15) is 0 Å². The minimum Gasteiger partial charge on any atom is -0.455 e. The second kappa shape index (κ2) is 9.07. The van der Waals surface area contributed by atoms with E-state index in [-0.39, 0.29) is 18.3 Å². The van der Waals surface area contributed by atoms with Crippen molar-refractivity contribution >= 4 is 29.3 Å². The Morgan fingerprint density at radius 2 is 2.21 bits per heavy atom.